The van der Waals surface area contributed by atoms with Gasteiger partial charge in [-0.1, -0.05) is 12.8 Å². The van der Waals surface area contributed by atoms with Gasteiger partial charge in [-0.2, -0.15) is 0 Å². The molecule has 2 unspecified atom stereocenters. The lowest BCUT2D eigenvalue weighted by molar-refractivity contribution is -0.125. The zero-order chi connectivity index (χ0) is 15.1. The molecule has 0 aliphatic heterocycles. The Morgan fingerprint density at radius 1 is 1.33 bits per heavy atom. The highest BCUT2D eigenvalue weighted by Gasteiger charge is 2.56. The van der Waals surface area contributed by atoms with Gasteiger partial charge in [0.2, 0.25) is 0 Å². The largest absolute Gasteiger partial charge is 0.385 e. The van der Waals surface area contributed by atoms with E-state index in [1.165, 1.54) is 25.7 Å². The van der Waals surface area contributed by atoms with E-state index >= 15 is 0 Å². The summed E-state index contributed by atoms with van der Waals surface area (Å²) < 4.78 is 11.0. The average Bonchev–Trinajstić information content (AvgIpc) is 3.01. The highest BCUT2D eigenvalue weighted by atomic mass is 16.5. The molecule has 5 heteroatoms. The predicted octanol–water partition coefficient (Wildman–Crippen LogP) is 1.93. The van der Waals surface area contributed by atoms with Gasteiger partial charge in [0, 0.05) is 45.4 Å². The van der Waals surface area contributed by atoms with Gasteiger partial charge in [-0.3, -0.25) is 4.99 Å². The first-order valence-corrected chi connectivity index (χ1v) is 8.34. The first-order chi connectivity index (χ1) is 10.3. The number of methoxy groups -OCH3 is 1. The van der Waals surface area contributed by atoms with Gasteiger partial charge in [0.1, 0.15) is 0 Å². The number of ether oxygens (including phenoxy) is 2. The molecule has 2 aliphatic rings. The molecule has 5 nitrogen and oxygen atoms in total. The Morgan fingerprint density at radius 2 is 2.10 bits per heavy atom. The van der Waals surface area contributed by atoms with Crippen molar-refractivity contribution in [3.63, 3.8) is 0 Å². The number of nitrogens with zero attached hydrogens (tertiary/aromatic N) is 1. The third-order valence-electron chi connectivity index (χ3n) is 5.04. The number of hydrogen-bond donors (Lipinski definition) is 2. The molecule has 2 aliphatic carbocycles. The monoisotopic (exact) mass is 297 g/mol. The number of nitrogens with one attached hydrogen (secondary N) is 2. The van der Waals surface area contributed by atoms with Gasteiger partial charge in [-0.25, -0.2) is 0 Å². The number of hydrogen-bond acceptors (Lipinski definition) is 3. The van der Waals surface area contributed by atoms with E-state index in [4.69, 9.17) is 9.47 Å². The molecule has 2 atom stereocenters. The fraction of sp³-hybridized carbons (Fsp3) is 0.938. The first kappa shape index (κ1) is 16.6. The maximum atomic E-state index is 5.96. The molecule has 122 valence electrons. The highest BCUT2D eigenvalue weighted by Crippen LogP contribution is 2.54. The third kappa shape index (κ3) is 3.69. The van der Waals surface area contributed by atoms with Crippen LogP contribution >= 0.6 is 0 Å². The van der Waals surface area contributed by atoms with Crippen molar-refractivity contribution in [1.29, 1.82) is 0 Å². The van der Waals surface area contributed by atoms with Crippen molar-refractivity contribution in [2.45, 2.75) is 57.6 Å². The van der Waals surface area contributed by atoms with E-state index in [1.54, 1.807) is 7.11 Å². The molecule has 2 N–H and O–H groups in total. The fourth-order valence-electron chi connectivity index (χ4n) is 3.87. The minimum absolute atomic E-state index is 0.347. The zero-order valence-electron chi connectivity index (χ0n) is 13.8. The van der Waals surface area contributed by atoms with Crippen LogP contribution in [0.3, 0.4) is 0 Å². The lowest BCUT2D eigenvalue weighted by Crippen LogP contribution is -2.65. The summed E-state index contributed by atoms with van der Waals surface area (Å²) in [5.74, 6) is 0.914. The van der Waals surface area contributed by atoms with Crippen molar-refractivity contribution in [2.75, 3.05) is 33.9 Å². The maximum Gasteiger partial charge on any atom is 0.191 e. The van der Waals surface area contributed by atoms with Gasteiger partial charge in [0.05, 0.1) is 6.10 Å². The SMILES string of the molecule is CCOC1CC(NC(=NC)NCCCOC)C12CCCC2. The van der Waals surface area contributed by atoms with Crippen LogP contribution in [0.5, 0.6) is 0 Å². The van der Waals surface area contributed by atoms with E-state index in [1.807, 2.05) is 7.05 Å². The Balaban J connectivity index is 1.83. The van der Waals surface area contributed by atoms with Gasteiger partial charge >= 0.3 is 0 Å². The Hall–Kier alpha value is -0.810. The molecule has 0 heterocycles. The first-order valence-electron chi connectivity index (χ1n) is 8.34. The summed E-state index contributed by atoms with van der Waals surface area (Å²) in [5.41, 5.74) is 0.347. The standard InChI is InChI=1S/C16H31N3O2/c1-4-21-14-12-13(16(14)8-5-6-9-16)19-15(17-2)18-10-7-11-20-3/h13-14H,4-12H2,1-3H3,(H2,17,18,19). The van der Waals surface area contributed by atoms with E-state index in [2.05, 4.69) is 22.5 Å². The van der Waals surface area contributed by atoms with Crippen molar-refractivity contribution in [2.24, 2.45) is 10.4 Å². The molecule has 0 aromatic rings. The van der Waals surface area contributed by atoms with Crippen LogP contribution in [0.25, 0.3) is 0 Å². The molecule has 0 aromatic carbocycles. The van der Waals surface area contributed by atoms with Gasteiger partial charge in [-0.15, -0.1) is 0 Å². The van der Waals surface area contributed by atoms with E-state index in [-0.39, 0.29) is 0 Å². The van der Waals surface area contributed by atoms with Gasteiger partial charge in [0.25, 0.3) is 0 Å². The summed E-state index contributed by atoms with van der Waals surface area (Å²) in [6, 6.07) is 0.505. The summed E-state index contributed by atoms with van der Waals surface area (Å²) in [5, 5.41) is 6.99. The van der Waals surface area contributed by atoms with Crippen molar-refractivity contribution in [3.8, 4) is 0 Å². The molecule has 0 amide bonds. The summed E-state index contributed by atoms with van der Waals surface area (Å²) in [6.07, 6.45) is 7.78. The van der Waals surface area contributed by atoms with Crippen molar-refractivity contribution in [3.05, 3.63) is 0 Å². The summed E-state index contributed by atoms with van der Waals surface area (Å²) in [6.45, 7) is 4.59. The lowest BCUT2D eigenvalue weighted by atomic mass is 9.60. The van der Waals surface area contributed by atoms with Crippen LogP contribution < -0.4 is 10.6 Å². The second kappa shape index (κ2) is 7.99. The third-order valence-corrected chi connectivity index (χ3v) is 5.04. The van der Waals surface area contributed by atoms with Crippen LogP contribution in [-0.2, 0) is 9.47 Å². The van der Waals surface area contributed by atoms with Crippen molar-refractivity contribution >= 4 is 5.96 Å². The van der Waals surface area contributed by atoms with E-state index in [9.17, 15) is 0 Å². The van der Waals surface area contributed by atoms with Gasteiger partial charge in [0.15, 0.2) is 5.96 Å². The Labute approximate surface area is 128 Å². The van der Waals surface area contributed by atoms with Crippen LogP contribution in [0, 0.1) is 5.41 Å². The Morgan fingerprint density at radius 3 is 2.71 bits per heavy atom. The van der Waals surface area contributed by atoms with Crippen LogP contribution in [0.1, 0.15) is 45.4 Å². The minimum Gasteiger partial charge on any atom is -0.385 e. The molecule has 2 saturated carbocycles. The van der Waals surface area contributed by atoms with Gasteiger partial charge < -0.3 is 20.1 Å². The van der Waals surface area contributed by atoms with E-state index in [0.29, 0.717) is 17.6 Å². The number of guanidine groups is 1. The highest BCUT2D eigenvalue weighted by molar-refractivity contribution is 5.80. The Kier molecular flexibility index (Phi) is 6.30. The summed E-state index contributed by atoms with van der Waals surface area (Å²) in [4.78, 5) is 4.35. The zero-order valence-corrected chi connectivity index (χ0v) is 13.8. The fourth-order valence-corrected chi connectivity index (χ4v) is 3.87. The molecule has 2 rings (SSSR count). The van der Waals surface area contributed by atoms with Crippen molar-refractivity contribution in [1.82, 2.24) is 10.6 Å². The molecular weight excluding hydrogens is 266 g/mol. The van der Waals surface area contributed by atoms with Crippen LogP contribution in [0.15, 0.2) is 4.99 Å². The molecule has 0 bridgehead atoms. The summed E-state index contributed by atoms with van der Waals surface area (Å²) >= 11 is 0. The van der Waals surface area contributed by atoms with Crippen LogP contribution in [0.4, 0.5) is 0 Å². The average molecular weight is 297 g/mol. The second-order valence-electron chi connectivity index (χ2n) is 6.16. The molecular formula is C16H31N3O2. The molecule has 0 saturated heterocycles. The van der Waals surface area contributed by atoms with E-state index in [0.717, 1.165) is 38.6 Å². The molecule has 1 spiro atoms. The van der Waals surface area contributed by atoms with Gasteiger partial charge in [-0.05, 0) is 32.6 Å². The van der Waals surface area contributed by atoms with Crippen molar-refractivity contribution < 1.29 is 9.47 Å². The van der Waals surface area contributed by atoms with Crippen LogP contribution in [0.2, 0.25) is 0 Å². The number of rotatable bonds is 7. The minimum atomic E-state index is 0.347. The lowest BCUT2D eigenvalue weighted by Gasteiger charge is -2.54. The topological polar surface area (TPSA) is 54.9 Å². The van der Waals surface area contributed by atoms with E-state index < -0.39 is 0 Å². The second-order valence-corrected chi connectivity index (χ2v) is 6.16. The molecule has 2 fully saturated rings. The predicted molar refractivity (Wildman–Crippen MR) is 85.7 cm³/mol. The molecule has 21 heavy (non-hydrogen) atoms. The number of aliphatic imine (C=N–C) groups is 1. The smallest absolute Gasteiger partial charge is 0.191 e. The Bertz CT molecular complexity index is 340. The van der Waals surface area contributed by atoms with Crippen LogP contribution in [-0.4, -0.2) is 52.0 Å². The molecule has 0 radical (unpaired) electrons. The maximum absolute atomic E-state index is 5.96. The summed E-state index contributed by atoms with van der Waals surface area (Å²) in [7, 11) is 3.57. The normalized spacial score (nSPS) is 27.7. The molecule has 0 aromatic heterocycles. The quantitative estimate of drug-likeness (QED) is 0.428.